The molecule has 0 bridgehead atoms. The highest BCUT2D eigenvalue weighted by molar-refractivity contribution is 5.95. The first-order valence-corrected chi connectivity index (χ1v) is 5.37. The van der Waals surface area contributed by atoms with Gasteiger partial charge in [0.25, 0.3) is 0 Å². The maximum absolute atomic E-state index is 12.0. The molecule has 1 aliphatic carbocycles. The van der Waals surface area contributed by atoms with E-state index in [1.165, 1.54) is 0 Å². The summed E-state index contributed by atoms with van der Waals surface area (Å²) in [6, 6.07) is 0. The Balaban J connectivity index is 3.00. The van der Waals surface area contributed by atoms with Crippen molar-refractivity contribution in [2.24, 2.45) is 17.3 Å². The van der Waals surface area contributed by atoms with Gasteiger partial charge < -0.3 is 0 Å². The van der Waals surface area contributed by atoms with E-state index in [0.717, 1.165) is 6.42 Å². The standard InChI is InChI=1S/C13H20O/c1-5-7-12(14)13(4)10(2)8-6-9-11(13)3/h5-8,10-11H,9H2,1-4H3. The smallest absolute Gasteiger partial charge is 0.162 e. The molecule has 1 rings (SSSR count). The Morgan fingerprint density at radius 2 is 2.14 bits per heavy atom. The van der Waals surface area contributed by atoms with Crippen molar-refractivity contribution in [1.82, 2.24) is 0 Å². The molecular formula is C13H20O. The van der Waals surface area contributed by atoms with Crippen LogP contribution in [0.5, 0.6) is 0 Å². The lowest BCUT2D eigenvalue weighted by molar-refractivity contribution is -0.128. The van der Waals surface area contributed by atoms with Crippen molar-refractivity contribution >= 4 is 5.78 Å². The third-order valence-electron chi connectivity index (χ3n) is 3.73. The van der Waals surface area contributed by atoms with Crippen LogP contribution in [0.25, 0.3) is 0 Å². The Morgan fingerprint density at radius 3 is 2.64 bits per heavy atom. The maximum atomic E-state index is 12.0. The van der Waals surface area contributed by atoms with Crippen LogP contribution in [-0.2, 0) is 4.79 Å². The van der Waals surface area contributed by atoms with E-state index in [2.05, 4.69) is 32.9 Å². The zero-order valence-corrected chi connectivity index (χ0v) is 9.58. The molecule has 0 aromatic carbocycles. The highest BCUT2D eigenvalue weighted by Gasteiger charge is 2.42. The van der Waals surface area contributed by atoms with Gasteiger partial charge in [-0.3, -0.25) is 4.79 Å². The van der Waals surface area contributed by atoms with Crippen molar-refractivity contribution in [1.29, 1.82) is 0 Å². The third kappa shape index (κ3) is 1.68. The fraction of sp³-hybridized carbons (Fsp3) is 0.615. The Morgan fingerprint density at radius 1 is 1.50 bits per heavy atom. The van der Waals surface area contributed by atoms with Gasteiger partial charge >= 0.3 is 0 Å². The van der Waals surface area contributed by atoms with E-state index in [1.54, 1.807) is 6.08 Å². The fourth-order valence-electron chi connectivity index (χ4n) is 2.18. The molecule has 1 aliphatic rings. The van der Waals surface area contributed by atoms with Gasteiger partial charge in [-0.15, -0.1) is 0 Å². The SMILES string of the molecule is CC=CC(=O)C1(C)C(C)C=CCC1C. The topological polar surface area (TPSA) is 17.1 Å². The van der Waals surface area contributed by atoms with Gasteiger partial charge in [0.05, 0.1) is 0 Å². The minimum atomic E-state index is -0.207. The minimum Gasteiger partial charge on any atom is -0.294 e. The molecule has 0 saturated heterocycles. The Kier molecular flexibility index (Phi) is 3.30. The van der Waals surface area contributed by atoms with Crippen LogP contribution in [0.2, 0.25) is 0 Å². The van der Waals surface area contributed by atoms with Crippen LogP contribution in [0.3, 0.4) is 0 Å². The summed E-state index contributed by atoms with van der Waals surface area (Å²) < 4.78 is 0. The number of rotatable bonds is 2. The second-order valence-electron chi connectivity index (χ2n) is 4.50. The molecule has 1 nitrogen and oxygen atoms in total. The molecule has 0 N–H and O–H groups in total. The summed E-state index contributed by atoms with van der Waals surface area (Å²) in [5.41, 5.74) is -0.207. The summed E-state index contributed by atoms with van der Waals surface area (Å²) in [7, 11) is 0. The van der Waals surface area contributed by atoms with Crippen LogP contribution in [0.1, 0.15) is 34.1 Å². The predicted octanol–water partition coefficient (Wildman–Crippen LogP) is 3.37. The third-order valence-corrected chi connectivity index (χ3v) is 3.73. The van der Waals surface area contributed by atoms with Crippen LogP contribution in [0, 0.1) is 17.3 Å². The number of ketones is 1. The van der Waals surface area contributed by atoms with Gasteiger partial charge in [-0.1, -0.05) is 39.0 Å². The van der Waals surface area contributed by atoms with Crippen LogP contribution >= 0.6 is 0 Å². The van der Waals surface area contributed by atoms with Gasteiger partial charge in [-0.2, -0.15) is 0 Å². The lowest BCUT2D eigenvalue weighted by Crippen LogP contribution is -2.40. The highest BCUT2D eigenvalue weighted by Crippen LogP contribution is 2.42. The maximum Gasteiger partial charge on any atom is 0.162 e. The first kappa shape index (κ1) is 11.2. The average molecular weight is 192 g/mol. The van der Waals surface area contributed by atoms with Crippen LogP contribution in [0.15, 0.2) is 24.3 Å². The first-order chi connectivity index (χ1) is 6.53. The molecule has 0 amide bonds. The molecule has 0 spiro atoms. The van der Waals surface area contributed by atoms with E-state index in [-0.39, 0.29) is 11.2 Å². The number of carbonyl (C=O) groups excluding carboxylic acids is 1. The molecule has 1 heteroatoms. The molecule has 0 aromatic heterocycles. The molecular weight excluding hydrogens is 172 g/mol. The monoisotopic (exact) mass is 192 g/mol. The summed E-state index contributed by atoms with van der Waals surface area (Å²) in [6.07, 6.45) is 8.93. The molecule has 3 unspecified atom stereocenters. The van der Waals surface area contributed by atoms with Crippen LogP contribution in [-0.4, -0.2) is 5.78 Å². The van der Waals surface area contributed by atoms with Crippen molar-refractivity contribution in [2.75, 3.05) is 0 Å². The predicted molar refractivity (Wildman–Crippen MR) is 60.0 cm³/mol. The van der Waals surface area contributed by atoms with Crippen molar-refractivity contribution in [2.45, 2.75) is 34.1 Å². The van der Waals surface area contributed by atoms with Gasteiger partial charge in [-0.25, -0.2) is 0 Å². The summed E-state index contributed by atoms with van der Waals surface area (Å²) in [5.74, 6) is 1.05. The number of carbonyl (C=O) groups is 1. The molecule has 0 fully saturated rings. The van der Waals surface area contributed by atoms with Crippen molar-refractivity contribution in [3.8, 4) is 0 Å². The van der Waals surface area contributed by atoms with Gasteiger partial charge in [-0.05, 0) is 31.3 Å². The fourth-order valence-corrected chi connectivity index (χ4v) is 2.18. The molecule has 0 radical (unpaired) electrons. The van der Waals surface area contributed by atoms with E-state index >= 15 is 0 Å². The molecule has 0 aromatic rings. The van der Waals surface area contributed by atoms with E-state index < -0.39 is 0 Å². The summed E-state index contributed by atoms with van der Waals surface area (Å²) in [6.45, 7) is 8.29. The second-order valence-corrected chi connectivity index (χ2v) is 4.50. The quantitative estimate of drug-likeness (QED) is 0.484. The van der Waals surface area contributed by atoms with E-state index in [1.807, 2.05) is 13.0 Å². The molecule has 0 heterocycles. The molecule has 78 valence electrons. The Hall–Kier alpha value is -0.850. The van der Waals surface area contributed by atoms with Gasteiger partial charge in [0.15, 0.2) is 5.78 Å². The lowest BCUT2D eigenvalue weighted by Gasteiger charge is -2.40. The van der Waals surface area contributed by atoms with Gasteiger partial charge in [0.2, 0.25) is 0 Å². The molecule has 14 heavy (non-hydrogen) atoms. The zero-order chi connectivity index (χ0) is 10.8. The number of hydrogen-bond acceptors (Lipinski definition) is 1. The molecule has 3 atom stereocenters. The van der Waals surface area contributed by atoms with E-state index in [0.29, 0.717) is 11.8 Å². The largest absolute Gasteiger partial charge is 0.294 e. The van der Waals surface area contributed by atoms with Gasteiger partial charge in [0, 0.05) is 5.41 Å². The van der Waals surface area contributed by atoms with Crippen molar-refractivity contribution < 1.29 is 4.79 Å². The summed E-state index contributed by atoms with van der Waals surface area (Å²) in [4.78, 5) is 12.0. The summed E-state index contributed by atoms with van der Waals surface area (Å²) >= 11 is 0. The Labute approximate surface area is 86.9 Å². The number of hydrogen-bond donors (Lipinski definition) is 0. The second kappa shape index (κ2) is 4.12. The minimum absolute atomic E-state index is 0.207. The first-order valence-electron chi connectivity index (χ1n) is 5.37. The van der Waals surface area contributed by atoms with Crippen molar-refractivity contribution in [3.05, 3.63) is 24.3 Å². The highest BCUT2D eigenvalue weighted by atomic mass is 16.1. The molecule has 0 aliphatic heterocycles. The van der Waals surface area contributed by atoms with Gasteiger partial charge in [0.1, 0.15) is 0 Å². The average Bonchev–Trinajstić information content (AvgIpc) is 2.14. The normalized spacial score (nSPS) is 37.7. The summed E-state index contributed by atoms with van der Waals surface area (Å²) in [5, 5.41) is 0. The Bertz CT molecular complexity index is 275. The number of allylic oxidation sites excluding steroid dienone is 4. The lowest BCUT2D eigenvalue weighted by atomic mass is 9.63. The molecule has 0 saturated carbocycles. The van der Waals surface area contributed by atoms with Crippen LogP contribution < -0.4 is 0 Å². The van der Waals surface area contributed by atoms with E-state index in [9.17, 15) is 4.79 Å². The van der Waals surface area contributed by atoms with Crippen LogP contribution in [0.4, 0.5) is 0 Å². The zero-order valence-electron chi connectivity index (χ0n) is 9.58. The van der Waals surface area contributed by atoms with E-state index in [4.69, 9.17) is 0 Å². The van der Waals surface area contributed by atoms with Crippen molar-refractivity contribution in [3.63, 3.8) is 0 Å².